The molecular formula is C19H20N8O4S2. The molecule has 33 heavy (non-hydrogen) atoms. The first kappa shape index (κ1) is 22.8. The number of anilines is 2. The SMILES string of the molecule is Cn1nnnc1Sc1sc(NC(=O)Nc2ccncc2C(=O)C2CCCC2)nc1CC(=O)O. The van der Waals surface area contributed by atoms with Crippen molar-refractivity contribution >= 4 is 51.7 Å². The molecule has 0 radical (unpaired) electrons. The van der Waals surface area contributed by atoms with Crippen LogP contribution in [0.25, 0.3) is 0 Å². The number of tetrazole rings is 1. The van der Waals surface area contributed by atoms with Gasteiger partial charge < -0.3 is 10.4 Å². The summed E-state index contributed by atoms with van der Waals surface area (Å²) in [5.41, 5.74) is 1.02. The molecule has 3 aromatic rings. The largest absolute Gasteiger partial charge is 0.481 e. The minimum Gasteiger partial charge on any atom is -0.481 e. The summed E-state index contributed by atoms with van der Waals surface area (Å²) in [6, 6.07) is 0.969. The van der Waals surface area contributed by atoms with Crippen molar-refractivity contribution in [2.45, 2.75) is 41.5 Å². The van der Waals surface area contributed by atoms with E-state index in [2.05, 4.69) is 36.1 Å². The normalized spacial score (nSPS) is 13.7. The molecule has 0 aromatic carbocycles. The molecule has 1 saturated carbocycles. The summed E-state index contributed by atoms with van der Waals surface area (Å²) < 4.78 is 1.99. The van der Waals surface area contributed by atoms with Crippen LogP contribution in [0.5, 0.6) is 0 Å². The van der Waals surface area contributed by atoms with E-state index in [1.165, 1.54) is 17.1 Å². The van der Waals surface area contributed by atoms with Crippen molar-refractivity contribution in [3.05, 3.63) is 29.7 Å². The summed E-state index contributed by atoms with van der Waals surface area (Å²) in [5.74, 6) is -1.13. The highest BCUT2D eigenvalue weighted by Gasteiger charge is 2.26. The minimum absolute atomic E-state index is 0.0233. The van der Waals surface area contributed by atoms with E-state index in [0.717, 1.165) is 48.8 Å². The van der Waals surface area contributed by atoms with Crippen LogP contribution in [0.1, 0.15) is 41.7 Å². The number of urea groups is 1. The molecule has 1 aliphatic rings. The Morgan fingerprint density at radius 1 is 1.27 bits per heavy atom. The van der Waals surface area contributed by atoms with Gasteiger partial charge in [0.2, 0.25) is 5.16 Å². The number of pyridine rings is 1. The zero-order valence-electron chi connectivity index (χ0n) is 17.5. The lowest BCUT2D eigenvalue weighted by molar-refractivity contribution is -0.136. The van der Waals surface area contributed by atoms with Crippen LogP contribution in [-0.4, -0.2) is 53.1 Å². The second-order valence-corrected chi connectivity index (χ2v) is 9.59. The van der Waals surface area contributed by atoms with E-state index >= 15 is 0 Å². The smallest absolute Gasteiger partial charge is 0.325 e. The predicted octanol–water partition coefficient (Wildman–Crippen LogP) is 2.86. The number of carbonyl (C=O) groups is 3. The Balaban J connectivity index is 1.49. The molecule has 0 atom stereocenters. The first-order valence-corrected chi connectivity index (χ1v) is 11.7. The van der Waals surface area contributed by atoms with Crippen molar-refractivity contribution in [2.75, 3.05) is 10.6 Å². The van der Waals surface area contributed by atoms with Crippen LogP contribution < -0.4 is 10.6 Å². The topological polar surface area (TPSA) is 165 Å². The van der Waals surface area contributed by atoms with Crippen LogP contribution in [0.3, 0.4) is 0 Å². The van der Waals surface area contributed by atoms with Crippen molar-refractivity contribution in [1.29, 1.82) is 0 Å². The second-order valence-electron chi connectivity index (χ2n) is 7.36. The lowest BCUT2D eigenvalue weighted by Gasteiger charge is -2.13. The van der Waals surface area contributed by atoms with Gasteiger partial charge in [-0.3, -0.25) is 19.9 Å². The molecule has 0 bridgehead atoms. The van der Waals surface area contributed by atoms with Gasteiger partial charge in [-0.05, 0) is 41.1 Å². The van der Waals surface area contributed by atoms with Gasteiger partial charge in [0.05, 0.1) is 27.6 Å². The Bertz CT molecular complexity index is 1190. The molecule has 1 aliphatic carbocycles. The number of amides is 2. The summed E-state index contributed by atoms with van der Waals surface area (Å²) in [7, 11) is 1.66. The van der Waals surface area contributed by atoms with Gasteiger partial charge >= 0.3 is 12.0 Å². The number of aromatic nitrogens is 6. The third kappa shape index (κ3) is 5.51. The fourth-order valence-corrected chi connectivity index (χ4v) is 5.46. The van der Waals surface area contributed by atoms with Crippen molar-refractivity contribution in [1.82, 2.24) is 30.2 Å². The highest BCUT2D eigenvalue weighted by Crippen LogP contribution is 2.36. The van der Waals surface area contributed by atoms with Crippen molar-refractivity contribution < 1.29 is 19.5 Å². The number of carbonyl (C=O) groups excluding carboxylic acids is 2. The quantitative estimate of drug-likeness (QED) is 0.401. The Hall–Kier alpha value is -3.39. The van der Waals surface area contributed by atoms with Crippen molar-refractivity contribution in [3.8, 4) is 0 Å². The molecular weight excluding hydrogens is 468 g/mol. The van der Waals surface area contributed by atoms with Crippen LogP contribution in [0.4, 0.5) is 15.6 Å². The number of thiazole rings is 1. The maximum atomic E-state index is 12.8. The molecule has 3 aromatic heterocycles. The lowest BCUT2D eigenvalue weighted by atomic mass is 9.96. The van der Waals surface area contributed by atoms with Crippen molar-refractivity contribution in [2.24, 2.45) is 13.0 Å². The van der Waals surface area contributed by atoms with Gasteiger partial charge in [-0.25, -0.2) is 14.5 Å². The fourth-order valence-electron chi connectivity index (χ4n) is 3.47. The fraction of sp³-hybridized carbons (Fsp3) is 0.368. The van der Waals surface area contributed by atoms with Crippen LogP contribution in [0, 0.1) is 5.92 Å². The second kappa shape index (κ2) is 10.0. The van der Waals surface area contributed by atoms with E-state index in [4.69, 9.17) is 0 Å². The van der Waals surface area contributed by atoms with E-state index in [-0.39, 0.29) is 28.9 Å². The summed E-state index contributed by atoms with van der Waals surface area (Å²) in [4.78, 5) is 45.0. The Morgan fingerprint density at radius 3 is 2.76 bits per heavy atom. The zero-order valence-corrected chi connectivity index (χ0v) is 19.1. The number of aliphatic carboxylic acids is 1. The summed E-state index contributed by atoms with van der Waals surface area (Å²) >= 11 is 2.26. The summed E-state index contributed by atoms with van der Waals surface area (Å²) in [6.45, 7) is 0. The molecule has 4 rings (SSSR count). The number of rotatable bonds is 8. The zero-order chi connectivity index (χ0) is 23.4. The molecule has 1 fully saturated rings. The van der Waals surface area contributed by atoms with Gasteiger partial charge in [0.1, 0.15) is 0 Å². The highest BCUT2D eigenvalue weighted by molar-refractivity contribution is 8.01. The molecule has 0 spiro atoms. The molecule has 172 valence electrons. The number of aryl methyl sites for hydroxylation is 1. The average Bonchev–Trinajstić information content (AvgIpc) is 3.51. The molecule has 14 heteroatoms. The number of hydrogen-bond acceptors (Lipinski definition) is 10. The minimum atomic E-state index is -1.05. The number of ketones is 1. The Kier molecular flexibility index (Phi) is 6.93. The van der Waals surface area contributed by atoms with E-state index in [9.17, 15) is 19.5 Å². The molecule has 12 nitrogen and oxygen atoms in total. The monoisotopic (exact) mass is 488 g/mol. The van der Waals surface area contributed by atoms with E-state index < -0.39 is 12.0 Å². The van der Waals surface area contributed by atoms with Crippen molar-refractivity contribution in [3.63, 3.8) is 0 Å². The number of carboxylic acid groups (broad SMARTS) is 1. The number of Topliss-reactive ketones (excluding diaryl/α,β-unsaturated/α-hetero) is 1. The first-order chi connectivity index (χ1) is 15.9. The highest BCUT2D eigenvalue weighted by atomic mass is 32.2. The molecule has 3 heterocycles. The van der Waals surface area contributed by atoms with Gasteiger partial charge in [-0.2, -0.15) is 0 Å². The van der Waals surface area contributed by atoms with Gasteiger partial charge in [0.25, 0.3) is 0 Å². The van der Waals surface area contributed by atoms with Gasteiger partial charge in [-0.15, -0.1) is 5.10 Å². The van der Waals surface area contributed by atoms with Gasteiger partial charge in [0, 0.05) is 25.4 Å². The Morgan fingerprint density at radius 2 is 2.06 bits per heavy atom. The first-order valence-electron chi connectivity index (χ1n) is 10.1. The predicted molar refractivity (Wildman–Crippen MR) is 120 cm³/mol. The number of nitrogens with one attached hydrogen (secondary N) is 2. The van der Waals surface area contributed by atoms with Crippen LogP contribution >= 0.6 is 23.1 Å². The van der Waals surface area contributed by atoms with Crippen LogP contribution in [0.15, 0.2) is 27.8 Å². The van der Waals surface area contributed by atoms with Crippen LogP contribution in [-0.2, 0) is 18.3 Å². The van der Waals surface area contributed by atoms with Gasteiger partial charge in [0.15, 0.2) is 10.9 Å². The third-order valence-corrected chi connectivity index (χ3v) is 7.28. The number of nitrogens with zero attached hydrogens (tertiary/aromatic N) is 6. The van der Waals surface area contributed by atoms with E-state index in [0.29, 0.717) is 20.6 Å². The Labute approximate surface area is 196 Å². The van der Waals surface area contributed by atoms with E-state index in [1.54, 1.807) is 13.1 Å². The van der Waals surface area contributed by atoms with Crippen LogP contribution in [0.2, 0.25) is 0 Å². The number of carboxylic acids is 1. The average molecular weight is 489 g/mol. The molecule has 0 saturated heterocycles. The standard InChI is InChI=1S/C19H20N8O4S2/c1-27-19(24-25-26-27)33-16-13(8-14(28)29)22-18(32-16)23-17(31)21-12-6-7-20-9-11(12)15(30)10-4-2-3-5-10/h6-7,9-10H,2-5,8H2,1H3,(H,28,29)(H2,20,21,22,23,31). The maximum absolute atomic E-state index is 12.8. The molecule has 0 unspecified atom stereocenters. The lowest BCUT2D eigenvalue weighted by Crippen LogP contribution is -2.22. The van der Waals surface area contributed by atoms with Gasteiger partial charge in [-0.1, -0.05) is 24.2 Å². The third-order valence-electron chi connectivity index (χ3n) is 5.03. The molecule has 3 N–H and O–H groups in total. The number of hydrogen-bond donors (Lipinski definition) is 3. The molecule has 2 amide bonds. The van der Waals surface area contributed by atoms with E-state index in [1.807, 2.05) is 0 Å². The summed E-state index contributed by atoms with van der Waals surface area (Å²) in [5, 5.41) is 26.3. The molecule has 0 aliphatic heterocycles. The summed E-state index contributed by atoms with van der Waals surface area (Å²) in [6.07, 6.45) is 6.37. The maximum Gasteiger partial charge on any atom is 0.325 e.